The molecule has 0 amide bonds. The zero-order chi connectivity index (χ0) is 12.7. The van der Waals surface area contributed by atoms with Crippen LogP contribution in [0.3, 0.4) is 0 Å². The van der Waals surface area contributed by atoms with Crippen LogP contribution in [0.1, 0.15) is 26.3 Å². The van der Waals surface area contributed by atoms with Gasteiger partial charge in [-0.2, -0.15) is 0 Å². The van der Waals surface area contributed by atoms with Crippen molar-refractivity contribution in [3.8, 4) is 0 Å². The highest BCUT2D eigenvalue weighted by Gasteiger charge is 2.09. The number of carbonyl (C=O) groups excluding carboxylic acids is 1. The molecule has 0 unspecified atom stereocenters. The van der Waals surface area contributed by atoms with Crippen molar-refractivity contribution in [2.75, 3.05) is 6.61 Å². The molecule has 0 spiro atoms. The number of carbonyl (C=O) groups is 1. The van der Waals surface area contributed by atoms with Crippen LogP contribution in [0, 0.1) is 0 Å². The molecule has 92 valence electrons. The summed E-state index contributed by atoms with van der Waals surface area (Å²) in [6.07, 6.45) is 0. The largest absolute Gasteiger partial charge is 0.493 e. The van der Waals surface area contributed by atoms with Gasteiger partial charge >= 0.3 is 5.97 Å². The Bertz CT molecular complexity index is 393. The third-order valence-corrected chi connectivity index (χ3v) is 2.41. The van der Waals surface area contributed by atoms with Crippen molar-refractivity contribution in [1.82, 2.24) is 0 Å². The van der Waals surface area contributed by atoms with Crippen LogP contribution in [0.4, 0.5) is 0 Å². The van der Waals surface area contributed by atoms with Crippen molar-refractivity contribution in [3.05, 3.63) is 47.2 Å². The summed E-state index contributed by atoms with van der Waals surface area (Å²) in [5, 5.41) is 0. The molecule has 0 saturated carbocycles. The maximum absolute atomic E-state index is 11.4. The molecule has 0 bridgehead atoms. The van der Waals surface area contributed by atoms with Gasteiger partial charge in [-0.3, -0.25) is 0 Å². The van der Waals surface area contributed by atoms with Crippen LogP contribution >= 0.6 is 0 Å². The van der Waals surface area contributed by atoms with Gasteiger partial charge in [0.2, 0.25) is 0 Å². The highest BCUT2D eigenvalue weighted by Crippen LogP contribution is 2.10. The third-order valence-electron chi connectivity index (χ3n) is 2.41. The molecule has 17 heavy (non-hydrogen) atoms. The van der Waals surface area contributed by atoms with Crippen molar-refractivity contribution < 1.29 is 14.3 Å². The zero-order valence-electron chi connectivity index (χ0n) is 10.5. The predicted octanol–water partition coefficient (Wildman–Crippen LogP) is 3.06. The van der Waals surface area contributed by atoms with E-state index >= 15 is 0 Å². The van der Waals surface area contributed by atoms with E-state index in [1.807, 2.05) is 30.3 Å². The average molecular weight is 234 g/mol. The molecular formula is C14H18O3. The van der Waals surface area contributed by atoms with E-state index in [1.165, 1.54) is 0 Å². The standard InChI is InChI=1S/C14H18O3/c1-4-16-14(15)11(2)12(3)17-10-13-8-6-5-7-9-13/h5-9H,4,10H2,1-3H3. The monoisotopic (exact) mass is 234 g/mol. The van der Waals surface area contributed by atoms with Gasteiger partial charge in [-0.05, 0) is 26.3 Å². The molecule has 0 atom stereocenters. The molecule has 0 aliphatic rings. The molecule has 0 aromatic heterocycles. The van der Waals surface area contributed by atoms with Crippen LogP contribution in [0.2, 0.25) is 0 Å². The second-order valence-corrected chi connectivity index (χ2v) is 3.68. The van der Waals surface area contributed by atoms with E-state index in [4.69, 9.17) is 9.47 Å². The molecule has 3 heteroatoms. The molecule has 0 aliphatic carbocycles. The number of benzene rings is 1. The Morgan fingerprint density at radius 2 is 1.76 bits per heavy atom. The average Bonchev–Trinajstić information content (AvgIpc) is 2.36. The van der Waals surface area contributed by atoms with E-state index in [2.05, 4.69) is 0 Å². The summed E-state index contributed by atoms with van der Waals surface area (Å²) in [6.45, 7) is 6.10. The fourth-order valence-corrected chi connectivity index (χ4v) is 1.26. The third kappa shape index (κ3) is 4.31. The van der Waals surface area contributed by atoms with Crippen LogP contribution in [-0.4, -0.2) is 12.6 Å². The Labute approximate surface area is 102 Å². The molecule has 0 radical (unpaired) electrons. The molecule has 1 rings (SSSR count). The summed E-state index contributed by atoms with van der Waals surface area (Å²) < 4.78 is 10.4. The Balaban J connectivity index is 2.56. The van der Waals surface area contributed by atoms with Crippen molar-refractivity contribution in [2.45, 2.75) is 27.4 Å². The maximum Gasteiger partial charge on any atom is 0.337 e. The van der Waals surface area contributed by atoms with Crippen molar-refractivity contribution in [3.63, 3.8) is 0 Å². The Morgan fingerprint density at radius 1 is 1.12 bits per heavy atom. The first-order chi connectivity index (χ1) is 8.15. The summed E-state index contributed by atoms with van der Waals surface area (Å²) in [5.41, 5.74) is 1.59. The smallest absolute Gasteiger partial charge is 0.337 e. The summed E-state index contributed by atoms with van der Waals surface area (Å²) in [6, 6.07) is 9.82. The van der Waals surface area contributed by atoms with Gasteiger partial charge in [-0.15, -0.1) is 0 Å². The quantitative estimate of drug-likeness (QED) is 0.446. The lowest BCUT2D eigenvalue weighted by Crippen LogP contribution is -2.08. The number of esters is 1. The topological polar surface area (TPSA) is 35.5 Å². The molecule has 0 aliphatic heterocycles. The maximum atomic E-state index is 11.4. The van der Waals surface area contributed by atoms with Crippen LogP contribution in [-0.2, 0) is 20.9 Å². The first-order valence-corrected chi connectivity index (χ1v) is 5.66. The van der Waals surface area contributed by atoms with Crippen LogP contribution in [0.5, 0.6) is 0 Å². The molecule has 1 aromatic carbocycles. The molecule has 0 N–H and O–H groups in total. The summed E-state index contributed by atoms with van der Waals surface area (Å²) in [4.78, 5) is 11.4. The lowest BCUT2D eigenvalue weighted by atomic mass is 10.2. The second-order valence-electron chi connectivity index (χ2n) is 3.68. The van der Waals surface area contributed by atoms with E-state index in [1.54, 1.807) is 20.8 Å². The Kier molecular flexibility index (Phi) is 5.27. The van der Waals surface area contributed by atoms with Gasteiger partial charge in [0, 0.05) is 0 Å². The summed E-state index contributed by atoms with van der Waals surface area (Å²) in [5.74, 6) is 0.283. The first-order valence-electron chi connectivity index (χ1n) is 5.66. The number of rotatable bonds is 5. The van der Waals surface area contributed by atoms with Crippen molar-refractivity contribution >= 4 is 5.97 Å². The zero-order valence-corrected chi connectivity index (χ0v) is 10.5. The number of allylic oxidation sites excluding steroid dienone is 1. The number of hydrogen-bond acceptors (Lipinski definition) is 3. The second kappa shape index (κ2) is 6.74. The molecule has 0 fully saturated rings. The summed E-state index contributed by atoms with van der Waals surface area (Å²) in [7, 11) is 0. The van der Waals surface area contributed by atoms with Gasteiger partial charge < -0.3 is 9.47 Å². The first kappa shape index (κ1) is 13.3. The molecule has 0 heterocycles. The van der Waals surface area contributed by atoms with E-state index in [9.17, 15) is 4.79 Å². The Hall–Kier alpha value is -1.77. The molecule has 1 aromatic rings. The fraction of sp³-hybridized carbons (Fsp3) is 0.357. The van der Waals surface area contributed by atoms with Crippen LogP contribution in [0.25, 0.3) is 0 Å². The fourth-order valence-electron chi connectivity index (χ4n) is 1.26. The van der Waals surface area contributed by atoms with E-state index in [-0.39, 0.29) is 5.97 Å². The van der Waals surface area contributed by atoms with E-state index in [0.717, 1.165) is 5.56 Å². The minimum absolute atomic E-state index is 0.321. The Morgan fingerprint density at radius 3 is 2.35 bits per heavy atom. The van der Waals surface area contributed by atoms with Gasteiger partial charge in [0.25, 0.3) is 0 Å². The lowest BCUT2D eigenvalue weighted by Gasteiger charge is -2.09. The summed E-state index contributed by atoms with van der Waals surface area (Å²) >= 11 is 0. The molecule has 0 saturated heterocycles. The number of ether oxygens (including phenoxy) is 2. The number of hydrogen-bond donors (Lipinski definition) is 0. The predicted molar refractivity (Wildman–Crippen MR) is 66.2 cm³/mol. The van der Waals surface area contributed by atoms with Crippen LogP contribution in [0.15, 0.2) is 41.7 Å². The van der Waals surface area contributed by atoms with Gasteiger partial charge in [0.05, 0.1) is 12.2 Å². The normalized spacial score (nSPS) is 11.7. The SMILES string of the molecule is CCOC(=O)C(C)=C(C)OCc1ccccc1. The van der Waals surface area contributed by atoms with Crippen molar-refractivity contribution in [1.29, 1.82) is 0 Å². The molecule has 3 nitrogen and oxygen atoms in total. The highest BCUT2D eigenvalue weighted by molar-refractivity contribution is 5.88. The van der Waals surface area contributed by atoms with E-state index < -0.39 is 0 Å². The minimum atomic E-state index is -0.321. The minimum Gasteiger partial charge on any atom is -0.493 e. The van der Waals surface area contributed by atoms with Crippen molar-refractivity contribution in [2.24, 2.45) is 0 Å². The lowest BCUT2D eigenvalue weighted by molar-refractivity contribution is -0.138. The highest BCUT2D eigenvalue weighted by atomic mass is 16.5. The van der Waals surface area contributed by atoms with Gasteiger partial charge in [0.15, 0.2) is 0 Å². The molecular weight excluding hydrogens is 216 g/mol. The van der Waals surface area contributed by atoms with Gasteiger partial charge in [0.1, 0.15) is 12.4 Å². The van der Waals surface area contributed by atoms with E-state index in [0.29, 0.717) is 24.5 Å². The van der Waals surface area contributed by atoms with Gasteiger partial charge in [-0.25, -0.2) is 4.79 Å². The van der Waals surface area contributed by atoms with Crippen LogP contribution < -0.4 is 0 Å². The van der Waals surface area contributed by atoms with Gasteiger partial charge in [-0.1, -0.05) is 30.3 Å².